The minimum atomic E-state index is -0.338. The second-order valence-corrected chi connectivity index (χ2v) is 5.80. The van der Waals surface area contributed by atoms with Crippen molar-refractivity contribution in [2.45, 2.75) is 70.9 Å². The third-order valence-electron chi connectivity index (χ3n) is 3.59. The quantitative estimate of drug-likeness (QED) is 0.785. The summed E-state index contributed by atoms with van der Waals surface area (Å²) in [6, 6.07) is 0.790. The van der Waals surface area contributed by atoms with E-state index >= 15 is 0 Å². The van der Waals surface area contributed by atoms with Crippen LogP contribution in [0.15, 0.2) is 4.99 Å². The second-order valence-electron chi connectivity index (χ2n) is 5.80. The van der Waals surface area contributed by atoms with Gasteiger partial charge in [-0.3, -0.25) is 10.1 Å². The number of hydrogen-bond donors (Lipinski definition) is 1. The fourth-order valence-corrected chi connectivity index (χ4v) is 2.60. The average molecular weight is 252 g/mol. The van der Waals surface area contributed by atoms with E-state index in [1.165, 1.54) is 25.7 Å². The van der Waals surface area contributed by atoms with Gasteiger partial charge in [-0.2, -0.15) is 0 Å². The molecule has 1 aliphatic carbocycles. The first-order chi connectivity index (χ1) is 8.65. The zero-order valence-corrected chi connectivity index (χ0v) is 11.4. The van der Waals surface area contributed by atoms with Gasteiger partial charge in [-0.15, -0.1) is 0 Å². The maximum Gasteiger partial charge on any atom is 0.292 e. The minimum absolute atomic E-state index is 0.0314. The molecule has 2 fully saturated rings. The summed E-state index contributed by atoms with van der Waals surface area (Å²) in [5, 5.41) is 2.77. The van der Waals surface area contributed by atoms with Gasteiger partial charge >= 0.3 is 0 Å². The molecule has 0 spiro atoms. The Morgan fingerprint density at radius 3 is 2.56 bits per heavy atom. The van der Waals surface area contributed by atoms with E-state index in [0.29, 0.717) is 18.0 Å². The molecule has 1 atom stereocenters. The largest absolute Gasteiger partial charge is 0.452 e. The van der Waals surface area contributed by atoms with Crippen molar-refractivity contribution < 1.29 is 9.53 Å². The van der Waals surface area contributed by atoms with Crippen LogP contribution in [0.5, 0.6) is 0 Å². The Morgan fingerprint density at radius 2 is 1.94 bits per heavy atom. The van der Waals surface area contributed by atoms with Gasteiger partial charge in [0.25, 0.3) is 11.9 Å². The van der Waals surface area contributed by atoms with Gasteiger partial charge in [0, 0.05) is 0 Å². The minimum Gasteiger partial charge on any atom is -0.452 e. The molecule has 0 aromatic rings. The number of nitrogens with one attached hydrogen (secondary N) is 1. The average Bonchev–Trinajstić information content (AvgIpc) is 2.53. The van der Waals surface area contributed by atoms with Crippen molar-refractivity contribution in [1.29, 1.82) is 0 Å². The van der Waals surface area contributed by atoms with Gasteiger partial charge < -0.3 is 4.74 Å². The number of amidine groups is 1. The van der Waals surface area contributed by atoms with Crippen LogP contribution in [0.1, 0.15) is 58.8 Å². The van der Waals surface area contributed by atoms with Gasteiger partial charge in [-0.05, 0) is 25.2 Å². The number of nitrogens with zero attached hydrogens (tertiary/aromatic N) is 1. The molecule has 0 aromatic heterocycles. The number of hydrogen-bond acceptors (Lipinski definition) is 3. The molecule has 18 heavy (non-hydrogen) atoms. The second kappa shape index (κ2) is 6.21. The summed E-state index contributed by atoms with van der Waals surface area (Å²) in [5.41, 5.74) is 0. The number of amides is 1. The first-order valence-corrected chi connectivity index (χ1v) is 7.20. The fraction of sp³-hybridized carbons (Fsp3) is 0.857. The highest BCUT2D eigenvalue weighted by Gasteiger charge is 2.31. The molecule has 0 bridgehead atoms. The molecule has 2 rings (SSSR count). The van der Waals surface area contributed by atoms with Crippen molar-refractivity contribution >= 4 is 11.9 Å². The molecule has 4 heteroatoms. The monoisotopic (exact) mass is 252 g/mol. The van der Waals surface area contributed by atoms with Crippen LogP contribution < -0.4 is 5.32 Å². The van der Waals surface area contributed by atoms with Gasteiger partial charge in [0.15, 0.2) is 6.10 Å². The molecule has 0 radical (unpaired) electrons. The van der Waals surface area contributed by atoms with Crippen molar-refractivity contribution in [3.63, 3.8) is 0 Å². The van der Waals surface area contributed by atoms with Crippen LogP contribution in [0.25, 0.3) is 0 Å². The van der Waals surface area contributed by atoms with E-state index in [2.05, 4.69) is 24.2 Å². The van der Waals surface area contributed by atoms with Gasteiger partial charge in [0.2, 0.25) is 0 Å². The topological polar surface area (TPSA) is 50.7 Å². The smallest absolute Gasteiger partial charge is 0.292 e. The van der Waals surface area contributed by atoms with Crippen molar-refractivity contribution in [2.75, 3.05) is 0 Å². The highest BCUT2D eigenvalue weighted by molar-refractivity contribution is 6.02. The number of rotatable bonds is 3. The van der Waals surface area contributed by atoms with E-state index in [9.17, 15) is 4.79 Å². The lowest BCUT2D eigenvalue weighted by atomic mass is 10.1. The first kappa shape index (κ1) is 13.4. The Kier molecular flexibility index (Phi) is 4.61. The lowest BCUT2D eigenvalue weighted by Crippen LogP contribution is -2.26. The fourth-order valence-electron chi connectivity index (χ4n) is 2.60. The molecule has 1 saturated carbocycles. The Bertz CT molecular complexity index is 318. The molecule has 1 amide bonds. The molecule has 4 nitrogen and oxygen atoms in total. The maximum atomic E-state index is 11.7. The molecule has 0 aromatic carbocycles. The van der Waals surface area contributed by atoms with E-state index in [1.54, 1.807) is 0 Å². The zero-order valence-electron chi connectivity index (χ0n) is 11.4. The van der Waals surface area contributed by atoms with Gasteiger partial charge in [0.05, 0.1) is 6.04 Å². The van der Waals surface area contributed by atoms with Gasteiger partial charge in [-0.1, -0.05) is 39.5 Å². The van der Waals surface area contributed by atoms with Crippen LogP contribution in [0.3, 0.4) is 0 Å². The van der Waals surface area contributed by atoms with Crippen molar-refractivity contribution in [1.82, 2.24) is 5.32 Å². The molecule has 1 saturated heterocycles. The predicted molar refractivity (Wildman–Crippen MR) is 71.4 cm³/mol. The summed E-state index contributed by atoms with van der Waals surface area (Å²) in [7, 11) is 0. The third kappa shape index (κ3) is 3.72. The molecular weight excluding hydrogens is 228 g/mol. The Balaban J connectivity index is 1.91. The van der Waals surface area contributed by atoms with E-state index < -0.39 is 0 Å². The summed E-state index contributed by atoms with van der Waals surface area (Å²) < 4.78 is 5.62. The number of carbonyl (C=O) groups is 1. The normalized spacial score (nSPS) is 28.3. The van der Waals surface area contributed by atoms with E-state index in [1.807, 2.05) is 0 Å². The van der Waals surface area contributed by atoms with Crippen molar-refractivity contribution in [3.8, 4) is 0 Å². The van der Waals surface area contributed by atoms with E-state index in [4.69, 9.17) is 4.74 Å². The summed E-state index contributed by atoms with van der Waals surface area (Å²) in [6.07, 6.45) is 7.77. The highest BCUT2D eigenvalue weighted by atomic mass is 16.5. The Morgan fingerprint density at radius 1 is 1.28 bits per heavy atom. The molecule has 1 N–H and O–H groups in total. The van der Waals surface area contributed by atoms with Crippen LogP contribution in [-0.2, 0) is 9.53 Å². The number of carbonyl (C=O) groups excluding carboxylic acids is 1. The standard InChI is InChI=1S/C14H24N2O2/c1-10(2)9-12-13(17)16-14(18-12)15-11-7-5-3-4-6-8-11/h10-12H,3-9H2,1-2H3,(H,15,16,17). The molecule has 2 aliphatic rings. The lowest BCUT2D eigenvalue weighted by Gasteiger charge is -2.11. The van der Waals surface area contributed by atoms with Crippen LogP contribution in [0.2, 0.25) is 0 Å². The summed E-state index contributed by atoms with van der Waals surface area (Å²) in [5.74, 6) is 0.425. The summed E-state index contributed by atoms with van der Waals surface area (Å²) in [4.78, 5) is 16.3. The zero-order chi connectivity index (χ0) is 13.0. The third-order valence-corrected chi connectivity index (χ3v) is 3.59. The molecular formula is C14H24N2O2. The number of aliphatic imine (C=N–C) groups is 1. The van der Waals surface area contributed by atoms with E-state index in [-0.39, 0.29) is 12.0 Å². The summed E-state index contributed by atoms with van der Waals surface area (Å²) >= 11 is 0. The van der Waals surface area contributed by atoms with Gasteiger partial charge in [0.1, 0.15) is 0 Å². The van der Waals surface area contributed by atoms with Crippen molar-refractivity contribution in [3.05, 3.63) is 0 Å². The molecule has 1 aliphatic heterocycles. The van der Waals surface area contributed by atoms with E-state index in [0.717, 1.165) is 19.3 Å². The van der Waals surface area contributed by atoms with Crippen LogP contribution in [-0.4, -0.2) is 24.1 Å². The number of ether oxygens (including phenoxy) is 1. The van der Waals surface area contributed by atoms with Crippen LogP contribution >= 0.6 is 0 Å². The Hall–Kier alpha value is -1.06. The Labute approximate surface area is 109 Å². The molecule has 1 unspecified atom stereocenters. The SMILES string of the molecule is CC(C)CC1OC(=NC2CCCCCC2)NC1=O. The van der Waals surface area contributed by atoms with Gasteiger partial charge in [-0.25, -0.2) is 4.99 Å². The summed E-state index contributed by atoms with van der Waals surface area (Å²) in [6.45, 7) is 4.19. The molecule has 1 heterocycles. The van der Waals surface area contributed by atoms with Crippen molar-refractivity contribution in [2.24, 2.45) is 10.9 Å². The van der Waals surface area contributed by atoms with Crippen LogP contribution in [0.4, 0.5) is 0 Å². The molecule has 102 valence electrons. The highest BCUT2D eigenvalue weighted by Crippen LogP contribution is 2.21. The first-order valence-electron chi connectivity index (χ1n) is 7.20. The maximum absolute atomic E-state index is 11.7. The lowest BCUT2D eigenvalue weighted by molar-refractivity contribution is -0.123. The van der Waals surface area contributed by atoms with Crippen LogP contribution in [0, 0.1) is 5.92 Å². The predicted octanol–water partition coefficient (Wildman–Crippen LogP) is 2.63.